The van der Waals surface area contributed by atoms with Crippen LogP contribution in [0.2, 0.25) is 0 Å². The van der Waals surface area contributed by atoms with Gasteiger partial charge in [0.15, 0.2) is 5.82 Å². The summed E-state index contributed by atoms with van der Waals surface area (Å²) in [5.74, 6) is -2.21. The van der Waals surface area contributed by atoms with Crippen molar-refractivity contribution in [3.8, 4) is 0 Å². The van der Waals surface area contributed by atoms with E-state index < -0.39 is 23.2 Å². The van der Waals surface area contributed by atoms with Crippen molar-refractivity contribution in [3.05, 3.63) is 45.9 Å². The number of aromatic nitrogens is 1. The second kappa shape index (κ2) is 4.58. The molecule has 0 aliphatic rings. The zero-order chi connectivity index (χ0) is 12.4. The van der Waals surface area contributed by atoms with Crippen LogP contribution in [0, 0.1) is 18.6 Å². The molecule has 0 saturated carbocycles. The summed E-state index contributed by atoms with van der Waals surface area (Å²) in [6, 6.07) is 2.41. The van der Waals surface area contributed by atoms with Gasteiger partial charge in [0.2, 0.25) is 0 Å². The molecule has 2 aromatic rings. The molecule has 0 saturated heterocycles. The largest absolute Gasteiger partial charge is 0.316 e. The molecular weight excluding hydrogens is 246 g/mol. The van der Waals surface area contributed by atoms with Crippen LogP contribution in [0.4, 0.5) is 14.5 Å². The molecule has 0 unspecified atom stereocenters. The number of hydrogen-bond donors (Lipinski definition) is 1. The minimum atomic E-state index is -0.809. The lowest BCUT2D eigenvalue weighted by atomic mass is 10.2. The van der Waals surface area contributed by atoms with Crippen molar-refractivity contribution in [2.75, 3.05) is 5.32 Å². The highest BCUT2D eigenvalue weighted by atomic mass is 32.1. The van der Waals surface area contributed by atoms with E-state index in [0.29, 0.717) is 0 Å². The molecule has 0 atom stereocenters. The fraction of sp³-hybridized carbons (Fsp3) is 0.0909. The van der Waals surface area contributed by atoms with Gasteiger partial charge in [-0.2, -0.15) is 0 Å². The third kappa shape index (κ3) is 2.31. The van der Waals surface area contributed by atoms with E-state index in [1.54, 1.807) is 0 Å². The Bertz CT molecular complexity index is 555. The normalized spacial score (nSPS) is 10.3. The van der Waals surface area contributed by atoms with E-state index in [1.165, 1.54) is 35.2 Å². The monoisotopic (exact) mass is 254 g/mol. The first kappa shape index (κ1) is 11.7. The minimum absolute atomic E-state index is 0.135. The maximum Gasteiger partial charge on any atom is 0.275 e. The second-order valence-electron chi connectivity index (χ2n) is 3.38. The van der Waals surface area contributed by atoms with E-state index in [1.807, 2.05) is 0 Å². The first-order valence-electron chi connectivity index (χ1n) is 4.73. The van der Waals surface area contributed by atoms with Gasteiger partial charge >= 0.3 is 0 Å². The van der Waals surface area contributed by atoms with E-state index in [4.69, 9.17) is 0 Å². The summed E-state index contributed by atoms with van der Waals surface area (Å²) in [6.45, 7) is 1.49. The number of halogens is 2. The van der Waals surface area contributed by atoms with Gasteiger partial charge in [-0.15, -0.1) is 11.3 Å². The van der Waals surface area contributed by atoms with Gasteiger partial charge in [0.1, 0.15) is 17.2 Å². The van der Waals surface area contributed by atoms with Crippen molar-refractivity contribution < 1.29 is 13.6 Å². The Morgan fingerprint density at radius 3 is 2.82 bits per heavy atom. The number of nitrogens with one attached hydrogen (secondary N) is 1. The molecule has 1 aromatic carbocycles. The number of anilines is 1. The molecule has 2 rings (SSSR count). The van der Waals surface area contributed by atoms with E-state index in [-0.39, 0.29) is 11.3 Å². The molecule has 0 radical (unpaired) electrons. The Morgan fingerprint density at radius 1 is 1.41 bits per heavy atom. The molecule has 1 amide bonds. The predicted molar refractivity (Wildman–Crippen MR) is 61.2 cm³/mol. The SMILES string of the molecule is Cc1ccc(F)c(NC(=O)c2cscn2)c1F. The first-order chi connectivity index (χ1) is 8.09. The number of nitrogens with zero attached hydrogens (tertiary/aromatic N) is 1. The Kier molecular flexibility index (Phi) is 3.14. The van der Waals surface area contributed by atoms with Crippen LogP contribution in [0.15, 0.2) is 23.0 Å². The zero-order valence-electron chi connectivity index (χ0n) is 8.83. The number of hydrogen-bond acceptors (Lipinski definition) is 3. The highest BCUT2D eigenvalue weighted by molar-refractivity contribution is 7.07. The molecule has 0 fully saturated rings. The summed E-state index contributed by atoms with van der Waals surface area (Å²) in [4.78, 5) is 15.3. The van der Waals surface area contributed by atoms with Crippen LogP contribution in [0.1, 0.15) is 16.1 Å². The molecule has 6 heteroatoms. The van der Waals surface area contributed by atoms with Crippen LogP contribution in [-0.2, 0) is 0 Å². The highest BCUT2D eigenvalue weighted by Gasteiger charge is 2.16. The molecule has 0 aliphatic heterocycles. The Balaban J connectivity index is 2.31. The van der Waals surface area contributed by atoms with E-state index in [9.17, 15) is 13.6 Å². The molecule has 1 N–H and O–H groups in total. The van der Waals surface area contributed by atoms with Gasteiger partial charge in [-0.05, 0) is 18.6 Å². The third-order valence-electron chi connectivity index (χ3n) is 2.19. The average molecular weight is 254 g/mol. The van der Waals surface area contributed by atoms with Crippen LogP contribution < -0.4 is 5.32 Å². The van der Waals surface area contributed by atoms with Crippen molar-refractivity contribution in [1.82, 2.24) is 4.98 Å². The standard InChI is InChI=1S/C11H8F2N2OS/c1-6-2-3-7(12)10(9(6)13)15-11(16)8-4-17-5-14-8/h2-5H,1H3,(H,15,16). The van der Waals surface area contributed by atoms with Gasteiger partial charge in [0.05, 0.1) is 5.51 Å². The van der Waals surface area contributed by atoms with Crippen molar-refractivity contribution in [2.24, 2.45) is 0 Å². The van der Waals surface area contributed by atoms with Gasteiger partial charge in [-0.3, -0.25) is 4.79 Å². The van der Waals surface area contributed by atoms with Crippen LogP contribution in [0.25, 0.3) is 0 Å². The first-order valence-corrected chi connectivity index (χ1v) is 5.68. The maximum atomic E-state index is 13.6. The van der Waals surface area contributed by atoms with Gasteiger partial charge < -0.3 is 5.32 Å². The number of amides is 1. The summed E-state index contributed by atoms with van der Waals surface area (Å²) in [5.41, 5.74) is 1.43. The van der Waals surface area contributed by atoms with E-state index in [2.05, 4.69) is 10.3 Å². The number of carbonyl (C=O) groups excluding carboxylic acids is 1. The number of aryl methyl sites for hydroxylation is 1. The van der Waals surface area contributed by atoms with E-state index in [0.717, 1.165) is 6.07 Å². The topological polar surface area (TPSA) is 42.0 Å². The molecule has 0 spiro atoms. The molecule has 0 bridgehead atoms. The van der Waals surface area contributed by atoms with Crippen LogP contribution in [0.3, 0.4) is 0 Å². The number of thiazole rings is 1. The third-order valence-corrected chi connectivity index (χ3v) is 2.77. The van der Waals surface area contributed by atoms with Crippen molar-refractivity contribution in [1.29, 1.82) is 0 Å². The van der Waals surface area contributed by atoms with E-state index >= 15 is 0 Å². The number of rotatable bonds is 2. The molecular formula is C11H8F2N2OS. The quantitative estimate of drug-likeness (QED) is 0.895. The lowest BCUT2D eigenvalue weighted by Crippen LogP contribution is -2.15. The van der Waals surface area contributed by atoms with Gasteiger partial charge in [-0.1, -0.05) is 6.07 Å². The molecule has 3 nitrogen and oxygen atoms in total. The second-order valence-corrected chi connectivity index (χ2v) is 4.10. The van der Waals surface area contributed by atoms with Crippen molar-refractivity contribution >= 4 is 22.9 Å². The van der Waals surface area contributed by atoms with Crippen LogP contribution in [-0.4, -0.2) is 10.9 Å². The molecule has 1 heterocycles. The van der Waals surface area contributed by atoms with Crippen LogP contribution in [0.5, 0.6) is 0 Å². The molecule has 17 heavy (non-hydrogen) atoms. The van der Waals surface area contributed by atoms with Gasteiger partial charge in [0.25, 0.3) is 5.91 Å². The fourth-order valence-corrected chi connectivity index (χ4v) is 1.81. The minimum Gasteiger partial charge on any atom is -0.316 e. The average Bonchev–Trinajstić information content (AvgIpc) is 2.83. The number of carbonyl (C=O) groups is 1. The summed E-state index contributed by atoms with van der Waals surface area (Å²) in [5, 5.41) is 3.68. The smallest absolute Gasteiger partial charge is 0.275 e. The van der Waals surface area contributed by atoms with Gasteiger partial charge in [0, 0.05) is 5.38 Å². The van der Waals surface area contributed by atoms with Crippen molar-refractivity contribution in [3.63, 3.8) is 0 Å². The van der Waals surface area contributed by atoms with Crippen molar-refractivity contribution in [2.45, 2.75) is 6.92 Å². The Labute approximate surface area is 100 Å². The zero-order valence-corrected chi connectivity index (χ0v) is 9.65. The van der Waals surface area contributed by atoms with Crippen LogP contribution >= 0.6 is 11.3 Å². The summed E-state index contributed by atoms with van der Waals surface area (Å²) in [7, 11) is 0. The maximum absolute atomic E-state index is 13.6. The lowest BCUT2D eigenvalue weighted by molar-refractivity contribution is 0.102. The Hall–Kier alpha value is -1.82. The summed E-state index contributed by atoms with van der Waals surface area (Å²) < 4.78 is 27.0. The number of benzene rings is 1. The Morgan fingerprint density at radius 2 is 2.18 bits per heavy atom. The fourth-order valence-electron chi connectivity index (χ4n) is 1.27. The highest BCUT2D eigenvalue weighted by Crippen LogP contribution is 2.22. The summed E-state index contributed by atoms with van der Waals surface area (Å²) >= 11 is 1.23. The van der Waals surface area contributed by atoms with Gasteiger partial charge in [-0.25, -0.2) is 13.8 Å². The summed E-state index contributed by atoms with van der Waals surface area (Å²) in [6.07, 6.45) is 0. The molecule has 88 valence electrons. The molecule has 1 aromatic heterocycles. The predicted octanol–water partition coefficient (Wildman–Crippen LogP) is 2.98. The molecule has 0 aliphatic carbocycles. The lowest BCUT2D eigenvalue weighted by Gasteiger charge is -2.07.